The van der Waals surface area contributed by atoms with Crippen molar-refractivity contribution in [2.75, 3.05) is 0 Å². The molecule has 48 heavy (non-hydrogen) atoms. The quantitative estimate of drug-likeness (QED) is 0.110. The fourth-order valence-corrected chi connectivity index (χ4v) is 7.87. The lowest BCUT2D eigenvalue weighted by atomic mass is 9.81. The highest BCUT2D eigenvalue weighted by atomic mass is 19.1. The summed E-state index contributed by atoms with van der Waals surface area (Å²) in [6.07, 6.45) is 0. The van der Waals surface area contributed by atoms with Crippen molar-refractivity contribution in [2.45, 2.75) is 25.9 Å². The van der Waals surface area contributed by atoms with Crippen molar-refractivity contribution >= 4 is 66.7 Å². The third-order valence-corrected chi connectivity index (χ3v) is 10.1. The van der Waals surface area contributed by atoms with Crippen LogP contribution in [0.4, 0.5) is 8.78 Å². The van der Waals surface area contributed by atoms with E-state index in [1.807, 2.05) is 60.7 Å². The molecule has 7 aromatic rings. The number of rotatable bonds is 4. The third kappa shape index (κ3) is 3.49. The molecule has 9 rings (SSSR count). The van der Waals surface area contributed by atoms with Crippen molar-refractivity contribution in [3.05, 3.63) is 142 Å². The largest absolute Gasteiger partial charge is 0.269 e. The Hall–Kier alpha value is -6.02. The Morgan fingerprint density at radius 3 is 1.17 bits per heavy atom. The van der Waals surface area contributed by atoms with Gasteiger partial charge in [-0.15, -0.1) is 0 Å². The smallest absolute Gasteiger partial charge is 0.262 e. The maximum absolute atomic E-state index is 16.5. The summed E-state index contributed by atoms with van der Waals surface area (Å²) in [4.78, 5) is 58.3. The number of hydrogen-bond donors (Lipinski definition) is 0. The predicted octanol–water partition coefficient (Wildman–Crippen LogP) is 8.73. The van der Waals surface area contributed by atoms with Gasteiger partial charge in [-0.3, -0.25) is 29.0 Å². The van der Waals surface area contributed by atoms with Crippen molar-refractivity contribution in [2.24, 2.45) is 0 Å². The second-order valence-electron chi connectivity index (χ2n) is 12.5. The van der Waals surface area contributed by atoms with Crippen molar-refractivity contribution in [1.82, 2.24) is 9.80 Å². The highest BCUT2D eigenvalue weighted by Crippen LogP contribution is 2.49. The molecule has 232 valence electrons. The summed E-state index contributed by atoms with van der Waals surface area (Å²) in [5, 5.41) is 1.74. The van der Waals surface area contributed by atoms with E-state index in [1.165, 1.54) is 0 Å². The SMILES string of the molecule is CC(c1ccccc1)N1C(=O)c2ccc3c4c(F)cc5c6c(ccc(c7c(F)cc(c2c37)C1=O)c64)C(=O)N(C(C)c1ccccc1)C5=O. The van der Waals surface area contributed by atoms with Crippen LogP contribution >= 0.6 is 0 Å². The Morgan fingerprint density at radius 1 is 0.438 bits per heavy atom. The Balaban J connectivity index is 1.31. The molecule has 0 aromatic heterocycles. The molecule has 2 unspecified atom stereocenters. The molecular weight excluding hydrogens is 610 g/mol. The van der Waals surface area contributed by atoms with Gasteiger partial charge in [0.1, 0.15) is 11.6 Å². The molecule has 4 amide bonds. The normalized spacial score (nSPS) is 15.8. The Bertz CT molecular complexity index is 2420. The van der Waals surface area contributed by atoms with Gasteiger partial charge in [0, 0.05) is 43.4 Å². The van der Waals surface area contributed by atoms with Crippen molar-refractivity contribution in [1.29, 1.82) is 0 Å². The highest BCUT2D eigenvalue weighted by Gasteiger charge is 2.41. The summed E-state index contributed by atoms with van der Waals surface area (Å²) in [5.41, 5.74) is 1.91. The van der Waals surface area contributed by atoms with Gasteiger partial charge in [-0.25, -0.2) is 8.78 Å². The molecule has 0 aliphatic carbocycles. The Kier molecular flexibility index (Phi) is 5.73. The standard InChI is InChI=1S/C40H24F2N2O4/c1-19(21-9-5-3-6-10-21)43-37(45)25-15-13-23-34-30(42)18-28-32-26(38(46)44(40(28)48)20(2)22-11-7-4-8-12-22)16-14-24(36(32)34)33-29(41)17-27(39(43)47)31(25)35(23)33/h3-20H,1-2H3. The number of hydrogen-bond acceptors (Lipinski definition) is 4. The van der Waals surface area contributed by atoms with Gasteiger partial charge in [0.05, 0.1) is 23.2 Å². The maximum Gasteiger partial charge on any atom is 0.262 e. The minimum Gasteiger partial charge on any atom is -0.269 e. The van der Waals surface area contributed by atoms with Crippen molar-refractivity contribution in [3.63, 3.8) is 0 Å². The van der Waals surface area contributed by atoms with Gasteiger partial charge in [-0.2, -0.15) is 0 Å². The van der Waals surface area contributed by atoms with E-state index in [-0.39, 0.29) is 65.3 Å². The Morgan fingerprint density at radius 2 is 0.792 bits per heavy atom. The molecule has 2 heterocycles. The first kappa shape index (κ1) is 28.2. The molecule has 0 radical (unpaired) electrons. The topological polar surface area (TPSA) is 74.8 Å². The van der Waals surface area contributed by atoms with E-state index in [4.69, 9.17) is 0 Å². The molecule has 0 saturated heterocycles. The zero-order valence-corrected chi connectivity index (χ0v) is 25.7. The average molecular weight is 635 g/mol. The second kappa shape index (κ2) is 9.75. The lowest BCUT2D eigenvalue weighted by Crippen LogP contribution is -2.42. The highest BCUT2D eigenvalue weighted by molar-refractivity contribution is 6.41. The van der Waals surface area contributed by atoms with Crippen LogP contribution in [0.1, 0.15) is 78.5 Å². The Labute approximate surface area is 272 Å². The molecule has 0 N–H and O–H groups in total. The number of carbonyl (C=O) groups is 4. The molecule has 0 fully saturated rings. The van der Waals surface area contributed by atoms with Gasteiger partial charge in [0.15, 0.2) is 0 Å². The number of amides is 4. The summed E-state index contributed by atoms with van der Waals surface area (Å²) >= 11 is 0. The molecule has 8 heteroatoms. The molecule has 0 spiro atoms. The molecule has 6 nitrogen and oxygen atoms in total. The van der Waals surface area contributed by atoms with E-state index in [9.17, 15) is 19.2 Å². The van der Waals surface area contributed by atoms with Crippen LogP contribution in [0.3, 0.4) is 0 Å². The van der Waals surface area contributed by atoms with Crippen LogP contribution in [-0.2, 0) is 0 Å². The van der Waals surface area contributed by atoms with Gasteiger partial charge in [0.25, 0.3) is 23.6 Å². The minimum absolute atomic E-state index is 0.0100. The van der Waals surface area contributed by atoms with Crippen LogP contribution in [0.15, 0.2) is 97.1 Å². The summed E-state index contributed by atoms with van der Waals surface area (Å²) in [6.45, 7) is 3.48. The summed E-state index contributed by atoms with van der Waals surface area (Å²) < 4.78 is 33.0. The molecule has 7 aromatic carbocycles. The van der Waals surface area contributed by atoms with Crippen LogP contribution in [0, 0.1) is 11.6 Å². The van der Waals surface area contributed by atoms with Crippen molar-refractivity contribution in [3.8, 4) is 0 Å². The van der Waals surface area contributed by atoms with Crippen LogP contribution in [0.2, 0.25) is 0 Å². The number of fused-ring (bicyclic) bond motifs is 2. The van der Waals surface area contributed by atoms with Gasteiger partial charge < -0.3 is 0 Å². The number of imide groups is 2. The first-order valence-electron chi connectivity index (χ1n) is 15.6. The summed E-state index contributed by atoms with van der Waals surface area (Å²) in [7, 11) is 0. The van der Waals surface area contributed by atoms with Gasteiger partial charge in [-0.1, -0.05) is 72.8 Å². The number of nitrogens with zero attached hydrogens (tertiary/aromatic N) is 2. The van der Waals surface area contributed by atoms with Gasteiger partial charge in [-0.05, 0) is 60.0 Å². The molecule has 0 saturated carbocycles. The fourth-order valence-electron chi connectivity index (χ4n) is 7.87. The molecular formula is C40H24F2N2O4. The van der Waals surface area contributed by atoms with E-state index in [0.29, 0.717) is 0 Å². The van der Waals surface area contributed by atoms with Crippen molar-refractivity contribution < 1.29 is 28.0 Å². The van der Waals surface area contributed by atoms with E-state index < -0.39 is 47.3 Å². The number of carbonyl (C=O) groups excluding carboxylic acids is 4. The lowest BCUT2D eigenvalue weighted by molar-refractivity contribution is 0.0534. The first-order chi connectivity index (χ1) is 23.2. The lowest BCUT2D eigenvalue weighted by Gasteiger charge is -2.34. The van der Waals surface area contributed by atoms with E-state index in [2.05, 4.69) is 0 Å². The number of benzene rings is 7. The van der Waals surface area contributed by atoms with Crippen LogP contribution < -0.4 is 0 Å². The monoisotopic (exact) mass is 634 g/mol. The van der Waals surface area contributed by atoms with Gasteiger partial charge in [0.2, 0.25) is 0 Å². The fraction of sp³-hybridized carbons (Fsp3) is 0.100. The predicted molar refractivity (Wildman–Crippen MR) is 178 cm³/mol. The zero-order chi connectivity index (χ0) is 33.2. The van der Waals surface area contributed by atoms with E-state index in [0.717, 1.165) is 33.1 Å². The first-order valence-corrected chi connectivity index (χ1v) is 15.6. The molecule has 2 aliphatic rings. The van der Waals surface area contributed by atoms with Gasteiger partial charge >= 0.3 is 0 Å². The second-order valence-corrected chi connectivity index (χ2v) is 12.5. The van der Waals surface area contributed by atoms with Crippen LogP contribution in [0.25, 0.3) is 43.1 Å². The molecule has 0 bridgehead atoms. The van der Waals surface area contributed by atoms with Crippen LogP contribution in [0.5, 0.6) is 0 Å². The third-order valence-electron chi connectivity index (χ3n) is 10.1. The van der Waals surface area contributed by atoms with E-state index in [1.54, 1.807) is 38.1 Å². The molecule has 2 atom stereocenters. The summed E-state index contributed by atoms with van der Waals surface area (Å²) in [5.74, 6) is -3.82. The zero-order valence-electron chi connectivity index (χ0n) is 25.7. The average Bonchev–Trinajstić information content (AvgIpc) is 3.10. The van der Waals surface area contributed by atoms with Crippen LogP contribution in [-0.4, -0.2) is 33.4 Å². The molecule has 2 aliphatic heterocycles. The van der Waals surface area contributed by atoms with E-state index >= 15 is 8.78 Å². The maximum atomic E-state index is 16.5. The number of halogens is 2. The summed E-state index contributed by atoms with van der Waals surface area (Å²) in [6, 6.07) is 25.4. The minimum atomic E-state index is -0.731.